The van der Waals surface area contributed by atoms with Gasteiger partial charge in [0.05, 0.1) is 19.3 Å². The monoisotopic (exact) mass is 234 g/mol. The molecule has 0 heterocycles. The summed E-state index contributed by atoms with van der Waals surface area (Å²) in [6.45, 7) is 3.80. The third kappa shape index (κ3) is 6.20. The largest absolute Gasteiger partial charge is 0.480 e. The molecule has 0 saturated carbocycles. The summed E-state index contributed by atoms with van der Waals surface area (Å²) in [4.78, 5) is 21.7. The number of urea groups is 1. The molecule has 1 unspecified atom stereocenters. The van der Waals surface area contributed by atoms with E-state index >= 15 is 0 Å². The van der Waals surface area contributed by atoms with Crippen molar-refractivity contribution in [1.29, 1.82) is 0 Å². The molecule has 94 valence electrons. The SMILES string of the molecule is CCOCC(C)NC(=O)N[C@H](CO)C(=O)O. The Balaban J connectivity index is 3.92. The standard InChI is InChI=1S/C9H18N2O5/c1-3-16-5-6(2)10-9(15)11-7(4-12)8(13)14/h6-7,12H,3-5H2,1-2H3,(H,13,14)(H2,10,11,15)/t6?,7-/m1/s1. The second-order valence-corrected chi connectivity index (χ2v) is 3.25. The predicted molar refractivity (Wildman–Crippen MR) is 56.1 cm³/mol. The van der Waals surface area contributed by atoms with E-state index in [2.05, 4.69) is 10.6 Å². The lowest BCUT2D eigenvalue weighted by Crippen LogP contribution is -2.50. The van der Waals surface area contributed by atoms with Gasteiger partial charge in [-0.15, -0.1) is 0 Å². The van der Waals surface area contributed by atoms with Gasteiger partial charge in [0, 0.05) is 6.61 Å². The molecule has 0 rings (SSSR count). The zero-order chi connectivity index (χ0) is 12.6. The molecule has 2 amide bonds. The van der Waals surface area contributed by atoms with Crippen LogP contribution < -0.4 is 10.6 Å². The summed E-state index contributed by atoms with van der Waals surface area (Å²) >= 11 is 0. The number of aliphatic carboxylic acids is 1. The van der Waals surface area contributed by atoms with E-state index in [1.165, 1.54) is 0 Å². The maximum absolute atomic E-state index is 11.2. The number of aliphatic hydroxyl groups is 1. The van der Waals surface area contributed by atoms with Crippen molar-refractivity contribution in [2.45, 2.75) is 25.9 Å². The number of ether oxygens (including phenoxy) is 1. The van der Waals surface area contributed by atoms with Gasteiger partial charge in [-0.05, 0) is 13.8 Å². The van der Waals surface area contributed by atoms with Gasteiger partial charge in [0.15, 0.2) is 6.04 Å². The lowest BCUT2D eigenvalue weighted by molar-refractivity contribution is -0.140. The van der Waals surface area contributed by atoms with Crippen LogP contribution in [-0.2, 0) is 9.53 Å². The van der Waals surface area contributed by atoms with E-state index in [1.54, 1.807) is 6.92 Å². The first-order chi connectivity index (χ1) is 7.51. The number of aliphatic hydroxyl groups excluding tert-OH is 1. The third-order valence-electron chi connectivity index (χ3n) is 1.74. The number of hydrogen-bond donors (Lipinski definition) is 4. The first-order valence-electron chi connectivity index (χ1n) is 4.99. The number of rotatable bonds is 7. The van der Waals surface area contributed by atoms with Crippen molar-refractivity contribution in [2.24, 2.45) is 0 Å². The van der Waals surface area contributed by atoms with Crippen molar-refractivity contribution in [3.63, 3.8) is 0 Å². The van der Waals surface area contributed by atoms with E-state index in [4.69, 9.17) is 14.9 Å². The highest BCUT2D eigenvalue weighted by Gasteiger charge is 2.19. The Morgan fingerprint density at radius 1 is 1.38 bits per heavy atom. The summed E-state index contributed by atoms with van der Waals surface area (Å²) in [5.74, 6) is -1.28. The van der Waals surface area contributed by atoms with Gasteiger partial charge in [0.25, 0.3) is 0 Å². The summed E-state index contributed by atoms with van der Waals surface area (Å²) in [5, 5.41) is 21.8. The highest BCUT2D eigenvalue weighted by atomic mass is 16.5. The Labute approximate surface area is 93.8 Å². The molecular formula is C9H18N2O5. The van der Waals surface area contributed by atoms with Crippen LogP contribution in [0.25, 0.3) is 0 Å². The van der Waals surface area contributed by atoms with Crippen molar-refractivity contribution < 1.29 is 24.5 Å². The molecule has 0 aliphatic rings. The van der Waals surface area contributed by atoms with Crippen molar-refractivity contribution in [3.05, 3.63) is 0 Å². The van der Waals surface area contributed by atoms with Crippen molar-refractivity contribution in [1.82, 2.24) is 10.6 Å². The molecule has 7 heteroatoms. The molecule has 0 bridgehead atoms. The molecular weight excluding hydrogens is 216 g/mol. The van der Waals surface area contributed by atoms with Gasteiger partial charge in [-0.2, -0.15) is 0 Å². The first kappa shape index (κ1) is 14.7. The predicted octanol–water partition coefficient (Wildman–Crippen LogP) is -0.844. The van der Waals surface area contributed by atoms with E-state index in [0.29, 0.717) is 13.2 Å². The van der Waals surface area contributed by atoms with E-state index in [0.717, 1.165) is 0 Å². The minimum absolute atomic E-state index is 0.229. The van der Waals surface area contributed by atoms with E-state index in [1.807, 2.05) is 6.92 Å². The molecule has 16 heavy (non-hydrogen) atoms. The Morgan fingerprint density at radius 2 is 2.00 bits per heavy atom. The number of nitrogens with one attached hydrogen (secondary N) is 2. The molecule has 0 aromatic heterocycles. The zero-order valence-electron chi connectivity index (χ0n) is 9.40. The Bertz CT molecular complexity index is 234. The quantitative estimate of drug-likeness (QED) is 0.459. The average molecular weight is 234 g/mol. The van der Waals surface area contributed by atoms with Gasteiger partial charge in [-0.1, -0.05) is 0 Å². The molecule has 0 radical (unpaired) electrons. The fraction of sp³-hybridized carbons (Fsp3) is 0.778. The van der Waals surface area contributed by atoms with Crippen molar-refractivity contribution in [3.8, 4) is 0 Å². The third-order valence-corrected chi connectivity index (χ3v) is 1.74. The van der Waals surface area contributed by atoms with Gasteiger partial charge < -0.3 is 25.6 Å². The van der Waals surface area contributed by atoms with Gasteiger partial charge in [0.2, 0.25) is 0 Å². The average Bonchev–Trinajstić information content (AvgIpc) is 2.22. The molecule has 0 spiro atoms. The lowest BCUT2D eigenvalue weighted by atomic mass is 10.3. The number of hydrogen-bond acceptors (Lipinski definition) is 4. The summed E-state index contributed by atoms with van der Waals surface area (Å²) in [6.07, 6.45) is 0. The van der Waals surface area contributed by atoms with Gasteiger partial charge in [0.1, 0.15) is 0 Å². The highest BCUT2D eigenvalue weighted by molar-refractivity contribution is 5.82. The van der Waals surface area contributed by atoms with Gasteiger partial charge in [-0.25, -0.2) is 9.59 Å². The van der Waals surface area contributed by atoms with Gasteiger partial charge >= 0.3 is 12.0 Å². The Kier molecular flexibility index (Phi) is 7.23. The van der Waals surface area contributed by atoms with Crippen LogP contribution in [0.4, 0.5) is 4.79 Å². The minimum atomic E-state index is -1.29. The first-order valence-corrected chi connectivity index (χ1v) is 4.99. The molecule has 0 aromatic rings. The second kappa shape index (κ2) is 7.89. The van der Waals surface area contributed by atoms with E-state index in [-0.39, 0.29) is 6.04 Å². The number of amides is 2. The molecule has 7 nitrogen and oxygen atoms in total. The molecule has 0 fully saturated rings. The van der Waals surface area contributed by atoms with Crippen LogP contribution in [0.15, 0.2) is 0 Å². The molecule has 0 aliphatic carbocycles. The fourth-order valence-electron chi connectivity index (χ4n) is 0.945. The topological polar surface area (TPSA) is 108 Å². The second-order valence-electron chi connectivity index (χ2n) is 3.25. The smallest absolute Gasteiger partial charge is 0.328 e. The zero-order valence-corrected chi connectivity index (χ0v) is 9.40. The maximum Gasteiger partial charge on any atom is 0.328 e. The summed E-state index contributed by atoms with van der Waals surface area (Å²) in [5.41, 5.74) is 0. The lowest BCUT2D eigenvalue weighted by Gasteiger charge is -2.16. The normalized spacial score (nSPS) is 13.9. The van der Waals surface area contributed by atoms with Crippen LogP contribution in [0.2, 0.25) is 0 Å². The number of carbonyl (C=O) groups is 2. The highest BCUT2D eigenvalue weighted by Crippen LogP contribution is 1.86. The number of carboxylic acid groups (broad SMARTS) is 1. The van der Waals surface area contributed by atoms with Crippen LogP contribution in [0, 0.1) is 0 Å². The Morgan fingerprint density at radius 3 is 2.44 bits per heavy atom. The van der Waals surface area contributed by atoms with E-state index < -0.39 is 24.6 Å². The van der Waals surface area contributed by atoms with Crippen LogP contribution in [0.3, 0.4) is 0 Å². The molecule has 0 aliphatic heterocycles. The Hall–Kier alpha value is -1.34. The summed E-state index contributed by atoms with van der Waals surface area (Å²) < 4.78 is 5.07. The molecule has 0 saturated heterocycles. The van der Waals surface area contributed by atoms with Crippen LogP contribution >= 0.6 is 0 Å². The van der Waals surface area contributed by atoms with Crippen molar-refractivity contribution in [2.75, 3.05) is 19.8 Å². The molecule has 4 N–H and O–H groups in total. The minimum Gasteiger partial charge on any atom is -0.480 e. The number of carboxylic acids is 1. The molecule has 0 aromatic carbocycles. The van der Waals surface area contributed by atoms with Crippen LogP contribution in [0.5, 0.6) is 0 Å². The maximum atomic E-state index is 11.2. The van der Waals surface area contributed by atoms with Crippen LogP contribution in [0.1, 0.15) is 13.8 Å². The summed E-state index contributed by atoms with van der Waals surface area (Å²) in [7, 11) is 0. The van der Waals surface area contributed by atoms with Crippen molar-refractivity contribution >= 4 is 12.0 Å². The molecule has 2 atom stereocenters. The van der Waals surface area contributed by atoms with E-state index in [9.17, 15) is 9.59 Å². The fourth-order valence-corrected chi connectivity index (χ4v) is 0.945. The summed E-state index contributed by atoms with van der Waals surface area (Å²) in [6, 6.07) is -2.17. The number of carbonyl (C=O) groups excluding carboxylic acids is 1. The van der Waals surface area contributed by atoms with Gasteiger partial charge in [-0.3, -0.25) is 0 Å². The van der Waals surface area contributed by atoms with Crippen LogP contribution in [-0.4, -0.2) is 54.1 Å².